The zero-order chi connectivity index (χ0) is 14.1. The molecule has 1 aliphatic heterocycles. The molecule has 3 heteroatoms. The van der Waals surface area contributed by atoms with Gasteiger partial charge in [0.1, 0.15) is 5.54 Å². The summed E-state index contributed by atoms with van der Waals surface area (Å²) in [7, 11) is 0. The molecular formula is C16H31N3. The van der Waals surface area contributed by atoms with Gasteiger partial charge in [-0.2, -0.15) is 5.26 Å². The van der Waals surface area contributed by atoms with E-state index in [2.05, 4.69) is 37.1 Å². The molecule has 0 aliphatic carbocycles. The first kappa shape index (κ1) is 16.5. The van der Waals surface area contributed by atoms with Crippen molar-refractivity contribution in [2.75, 3.05) is 19.6 Å². The molecule has 3 nitrogen and oxygen atoms in total. The molecule has 1 atom stereocenters. The van der Waals surface area contributed by atoms with Gasteiger partial charge in [-0.1, -0.05) is 19.8 Å². The van der Waals surface area contributed by atoms with Gasteiger partial charge in [0.05, 0.1) is 6.07 Å². The Morgan fingerprint density at radius 1 is 1.21 bits per heavy atom. The van der Waals surface area contributed by atoms with Gasteiger partial charge in [-0.15, -0.1) is 0 Å². The van der Waals surface area contributed by atoms with E-state index >= 15 is 0 Å². The van der Waals surface area contributed by atoms with Gasteiger partial charge in [0.25, 0.3) is 0 Å². The Balaban J connectivity index is 2.37. The molecule has 19 heavy (non-hydrogen) atoms. The lowest BCUT2D eigenvalue weighted by Gasteiger charge is -2.30. The molecule has 0 amide bonds. The molecule has 1 heterocycles. The van der Waals surface area contributed by atoms with Crippen molar-refractivity contribution in [2.24, 2.45) is 0 Å². The lowest BCUT2D eigenvalue weighted by atomic mass is 9.91. The van der Waals surface area contributed by atoms with Crippen molar-refractivity contribution < 1.29 is 0 Å². The van der Waals surface area contributed by atoms with E-state index in [1.165, 1.54) is 38.8 Å². The van der Waals surface area contributed by atoms with E-state index in [9.17, 15) is 5.26 Å². The number of nitrogens with zero attached hydrogens (tertiary/aromatic N) is 2. The van der Waals surface area contributed by atoms with Crippen molar-refractivity contribution >= 4 is 0 Å². The minimum atomic E-state index is -0.319. The summed E-state index contributed by atoms with van der Waals surface area (Å²) in [6, 6.07) is 2.89. The first-order valence-electron chi connectivity index (χ1n) is 8.03. The van der Waals surface area contributed by atoms with Crippen molar-refractivity contribution in [1.82, 2.24) is 10.2 Å². The SMILES string of the molecule is CCC(C#N)(CCCN1CCCCCC1)NC(C)C. The quantitative estimate of drug-likeness (QED) is 0.767. The average molecular weight is 265 g/mol. The Morgan fingerprint density at radius 3 is 2.32 bits per heavy atom. The molecule has 0 aromatic heterocycles. The number of hydrogen-bond acceptors (Lipinski definition) is 3. The summed E-state index contributed by atoms with van der Waals surface area (Å²) in [6.07, 6.45) is 8.46. The molecule has 1 aliphatic rings. The molecule has 110 valence electrons. The van der Waals surface area contributed by atoms with E-state index in [4.69, 9.17) is 0 Å². The van der Waals surface area contributed by atoms with Crippen LogP contribution < -0.4 is 5.32 Å². The van der Waals surface area contributed by atoms with Crippen LogP contribution in [0.15, 0.2) is 0 Å². The van der Waals surface area contributed by atoms with Gasteiger partial charge < -0.3 is 4.90 Å². The molecule has 0 aromatic carbocycles. The molecule has 1 fully saturated rings. The molecule has 0 radical (unpaired) electrons. The standard InChI is InChI=1S/C16H31N3/c1-4-16(14-17,18-15(2)3)10-9-13-19-11-7-5-6-8-12-19/h15,18H,4-13H2,1-3H3. The zero-order valence-corrected chi connectivity index (χ0v) is 13.0. The van der Waals surface area contributed by atoms with Crippen LogP contribution in [-0.4, -0.2) is 36.1 Å². The van der Waals surface area contributed by atoms with Crippen LogP contribution in [0.4, 0.5) is 0 Å². The fourth-order valence-electron chi connectivity index (χ4n) is 3.04. The van der Waals surface area contributed by atoms with E-state index in [-0.39, 0.29) is 5.54 Å². The molecule has 1 rings (SSSR count). The Hall–Kier alpha value is -0.590. The van der Waals surface area contributed by atoms with Gasteiger partial charge in [-0.3, -0.25) is 5.32 Å². The molecule has 0 aromatic rings. The Labute approximate surface area is 119 Å². The summed E-state index contributed by atoms with van der Waals surface area (Å²) in [5.74, 6) is 0. The zero-order valence-electron chi connectivity index (χ0n) is 13.0. The van der Waals surface area contributed by atoms with Crippen LogP contribution in [0.2, 0.25) is 0 Å². The first-order valence-corrected chi connectivity index (χ1v) is 8.03. The van der Waals surface area contributed by atoms with E-state index in [0.717, 1.165) is 25.8 Å². The molecule has 1 N–H and O–H groups in total. The summed E-state index contributed by atoms with van der Waals surface area (Å²) in [6.45, 7) is 10.0. The second-order valence-electron chi connectivity index (χ2n) is 6.21. The van der Waals surface area contributed by atoms with E-state index in [1.54, 1.807) is 0 Å². The fourth-order valence-corrected chi connectivity index (χ4v) is 3.04. The fraction of sp³-hybridized carbons (Fsp3) is 0.938. The first-order chi connectivity index (χ1) is 9.12. The third-order valence-corrected chi connectivity index (χ3v) is 4.16. The van der Waals surface area contributed by atoms with Crippen molar-refractivity contribution in [3.63, 3.8) is 0 Å². The second-order valence-corrected chi connectivity index (χ2v) is 6.21. The molecule has 0 saturated carbocycles. The van der Waals surface area contributed by atoms with Gasteiger partial charge in [0, 0.05) is 6.04 Å². The summed E-state index contributed by atoms with van der Waals surface area (Å²) in [5, 5.41) is 12.9. The monoisotopic (exact) mass is 265 g/mol. The topological polar surface area (TPSA) is 39.1 Å². The van der Waals surface area contributed by atoms with Crippen molar-refractivity contribution in [2.45, 2.75) is 77.3 Å². The van der Waals surface area contributed by atoms with Gasteiger partial charge in [-0.05, 0) is 65.6 Å². The third kappa shape index (κ3) is 5.93. The predicted octanol–water partition coefficient (Wildman–Crippen LogP) is 3.31. The Kier molecular flexibility index (Phi) is 7.41. The number of hydrogen-bond donors (Lipinski definition) is 1. The summed E-state index contributed by atoms with van der Waals surface area (Å²) >= 11 is 0. The van der Waals surface area contributed by atoms with E-state index in [1.807, 2.05) is 0 Å². The van der Waals surface area contributed by atoms with Crippen LogP contribution in [0.5, 0.6) is 0 Å². The Morgan fingerprint density at radius 2 is 1.84 bits per heavy atom. The van der Waals surface area contributed by atoms with Crippen LogP contribution in [0.1, 0.15) is 65.7 Å². The number of rotatable bonds is 7. The van der Waals surface area contributed by atoms with Crippen LogP contribution in [0.25, 0.3) is 0 Å². The minimum absolute atomic E-state index is 0.319. The average Bonchev–Trinajstić information content (AvgIpc) is 2.66. The summed E-state index contributed by atoms with van der Waals surface area (Å²) < 4.78 is 0. The summed E-state index contributed by atoms with van der Waals surface area (Å²) in [5.41, 5.74) is -0.319. The van der Waals surface area contributed by atoms with Gasteiger partial charge >= 0.3 is 0 Å². The number of nitrogens with one attached hydrogen (secondary N) is 1. The van der Waals surface area contributed by atoms with Crippen LogP contribution in [0, 0.1) is 11.3 Å². The van der Waals surface area contributed by atoms with Crippen molar-refractivity contribution in [3.05, 3.63) is 0 Å². The van der Waals surface area contributed by atoms with E-state index in [0.29, 0.717) is 6.04 Å². The van der Waals surface area contributed by atoms with Crippen LogP contribution >= 0.6 is 0 Å². The van der Waals surface area contributed by atoms with Crippen molar-refractivity contribution in [1.29, 1.82) is 5.26 Å². The molecule has 1 unspecified atom stereocenters. The third-order valence-electron chi connectivity index (χ3n) is 4.16. The van der Waals surface area contributed by atoms with Crippen LogP contribution in [0.3, 0.4) is 0 Å². The molecule has 0 bridgehead atoms. The summed E-state index contributed by atoms with van der Waals surface area (Å²) in [4.78, 5) is 2.58. The van der Waals surface area contributed by atoms with E-state index < -0.39 is 0 Å². The van der Waals surface area contributed by atoms with Crippen LogP contribution in [-0.2, 0) is 0 Å². The maximum atomic E-state index is 9.48. The number of likely N-dealkylation sites (tertiary alicyclic amines) is 1. The maximum absolute atomic E-state index is 9.48. The van der Waals surface area contributed by atoms with Crippen molar-refractivity contribution in [3.8, 4) is 6.07 Å². The van der Waals surface area contributed by atoms with Gasteiger partial charge in [-0.25, -0.2) is 0 Å². The largest absolute Gasteiger partial charge is 0.303 e. The minimum Gasteiger partial charge on any atom is -0.303 e. The highest BCUT2D eigenvalue weighted by molar-refractivity contribution is 5.06. The smallest absolute Gasteiger partial charge is 0.106 e. The highest BCUT2D eigenvalue weighted by Crippen LogP contribution is 2.19. The highest BCUT2D eigenvalue weighted by atomic mass is 15.1. The number of nitriles is 1. The predicted molar refractivity (Wildman–Crippen MR) is 81.0 cm³/mol. The maximum Gasteiger partial charge on any atom is 0.106 e. The lowest BCUT2D eigenvalue weighted by Crippen LogP contribution is -2.47. The van der Waals surface area contributed by atoms with Gasteiger partial charge in [0.2, 0.25) is 0 Å². The Bertz CT molecular complexity index is 274. The second kappa shape index (κ2) is 8.55. The molecule has 1 saturated heterocycles. The lowest BCUT2D eigenvalue weighted by molar-refractivity contribution is 0.256. The molecular weight excluding hydrogens is 234 g/mol. The normalized spacial score (nSPS) is 20.8. The highest BCUT2D eigenvalue weighted by Gasteiger charge is 2.28. The molecule has 0 spiro atoms. The van der Waals surface area contributed by atoms with Gasteiger partial charge in [0.15, 0.2) is 0 Å².